The van der Waals surface area contributed by atoms with Gasteiger partial charge in [0.15, 0.2) is 0 Å². The van der Waals surface area contributed by atoms with Crippen LogP contribution in [0, 0.1) is 17.8 Å². The molecule has 2 atom stereocenters. The summed E-state index contributed by atoms with van der Waals surface area (Å²) in [4.78, 5) is 0. The summed E-state index contributed by atoms with van der Waals surface area (Å²) in [6.45, 7) is 6.92. The van der Waals surface area contributed by atoms with Crippen LogP contribution in [0.15, 0.2) is 0 Å². The van der Waals surface area contributed by atoms with Gasteiger partial charge < -0.3 is 0 Å². The normalized spacial score (nSPS) is 32.6. The first kappa shape index (κ1) is 12.0. The highest BCUT2D eigenvalue weighted by atomic mass is 15.2. The van der Waals surface area contributed by atoms with E-state index in [0.717, 1.165) is 11.8 Å². The van der Waals surface area contributed by atoms with Crippen molar-refractivity contribution in [2.75, 3.05) is 0 Å². The minimum Gasteiger partial charge on any atom is -0.271 e. The lowest BCUT2D eigenvalue weighted by atomic mass is 9.75. The average molecular weight is 198 g/mol. The second-order valence-electron chi connectivity index (χ2n) is 5.10. The van der Waals surface area contributed by atoms with Crippen LogP contribution in [0.2, 0.25) is 0 Å². The molecule has 0 radical (unpaired) electrons. The van der Waals surface area contributed by atoms with Gasteiger partial charge >= 0.3 is 0 Å². The van der Waals surface area contributed by atoms with Crippen LogP contribution < -0.4 is 11.3 Å². The van der Waals surface area contributed by atoms with Gasteiger partial charge in [-0.15, -0.1) is 0 Å². The minimum atomic E-state index is 0.535. The van der Waals surface area contributed by atoms with Crippen LogP contribution in [0.1, 0.15) is 52.9 Å². The van der Waals surface area contributed by atoms with Crippen molar-refractivity contribution in [2.45, 2.75) is 58.9 Å². The molecule has 0 saturated heterocycles. The van der Waals surface area contributed by atoms with E-state index in [2.05, 4.69) is 26.2 Å². The van der Waals surface area contributed by atoms with Gasteiger partial charge in [-0.2, -0.15) is 0 Å². The Hall–Kier alpha value is -0.0800. The zero-order chi connectivity index (χ0) is 10.6. The third-order valence-corrected chi connectivity index (χ3v) is 4.02. The molecule has 1 fully saturated rings. The predicted octanol–water partition coefficient (Wildman–Crippen LogP) is 2.69. The second-order valence-corrected chi connectivity index (χ2v) is 5.10. The van der Waals surface area contributed by atoms with E-state index >= 15 is 0 Å². The van der Waals surface area contributed by atoms with Crippen LogP contribution in [0.3, 0.4) is 0 Å². The van der Waals surface area contributed by atoms with Crippen molar-refractivity contribution >= 4 is 0 Å². The number of hydrazine groups is 1. The molecule has 1 aliphatic carbocycles. The van der Waals surface area contributed by atoms with Crippen molar-refractivity contribution in [1.29, 1.82) is 0 Å². The molecule has 14 heavy (non-hydrogen) atoms. The Morgan fingerprint density at radius 2 is 1.86 bits per heavy atom. The van der Waals surface area contributed by atoms with Crippen molar-refractivity contribution in [3.63, 3.8) is 0 Å². The van der Waals surface area contributed by atoms with E-state index in [9.17, 15) is 0 Å². The second kappa shape index (κ2) is 5.72. The zero-order valence-electron chi connectivity index (χ0n) is 9.92. The molecule has 1 aliphatic rings. The summed E-state index contributed by atoms with van der Waals surface area (Å²) in [5, 5.41) is 0. The van der Waals surface area contributed by atoms with E-state index in [1.807, 2.05) is 0 Å². The summed E-state index contributed by atoms with van der Waals surface area (Å²) < 4.78 is 0. The van der Waals surface area contributed by atoms with Gasteiger partial charge in [0.2, 0.25) is 0 Å². The molecule has 2 unspecified atom stereocenters. The molecule has 0 amide bonds. The van der Waals surface area contributed by atoms with Gasteiger partial charge in [-0.25, -0.2) is 0 Å². The molecule has 2 nitrogen and oxygen atoms in total. The van der Waals surface area contributed by atoms with Gasteiger partial charge in [0.1, 0.15) is 0 Å². The fourth-order valence-electron chi connectivity index (χ4n) is 2.66. The molecule has 0 spiro atoms. The fraction of sp³-hybridized carbons (Fsp3) is 1.00. The Bertz CT molecular complexity index is 150. The van der Waals surface area contributed by atoms with Gasteiger partial charge in [-0.1, -0.05) is 40.0 Å². The number of hydrogen-bond acceptors (Lipinski definition) is 2. The summed E-state index contributed by atoms with van der Waals surface area (Å²) in [6.07, 6.45) is 6.72. The number of nitrogens with one attached hydrogen (secondary N) is 1. The van der Waals surface area contributed by atoms with E-state index in [-0.39, 0.29) is 0 Å². The predicted molar refractivity (Wildman–Crippen MR) is 61.7 cm³/mol. The van der Waals surface area contributed by atoms with Crippen LogP contribution in [-0.2, 0) is 0 Å². The molecule has 1 rings (SSSR count). The minimum absolute atomic E-state index is 0.535. The number of nitrogens with two attached hydrogens (primary N) is 1. The molecule has 0 aromatic heterocycles. The molecular weight excluding hydrogens is 172 g/mol. The monoisotopic (exact) mass is 198 g/mol. The van der Waals surface area contributed by atoms with Crippen molar-refractivity contribution < 1.29 is 0 Å². The Morgan fingerprint density at radius 1 is 1.29 bits per heavy atom. The van der Waals surface area contributed by atoms with E-state index in [4.69, 9.17) is 5.84 Å². The van der Waals surface area contributed by atoms with Gasteiger partial charge in [-0.3, -0.25) is 11.3 Å². The largest absolute Gasteiger partial charge is 0.271 e. The van der Waals surface area contributed by atoms with Gasteiger partial charge in [-0.05, 0) is 30.6 Å². The van der Waals surface area contributed by atoms with Gasteiger partial charge in [0, 0.05) is 6.04 Å². The lowest BCUT2D eigenvalue weighted by Gasteiger charge is -2.35. The lowest BCUT2D eigenvalue weighted by molar-refractivity contribution is 0.188. The maximum Gasteiger partial charge on any atom is 0.0264 e. The highest BCUT2D eigenvalue weighted by molar-refractivity contribution is 4.82. The molecule has 3 N–H and O–H groups in total. The number of rotatable bonds is 4. The van der Waals surface area contributed by atoms with Crippen molar-refractivity contribution in [2.24, 2.45) is 23.6 Å². The summed E-state index contributed by atoms with van der Waals surface area (Å²) in [5.74, 6) is 8.11. The Labute approximate surface area is 88.6 Å². The Morgan fingerprint density at radius 3 is 2.29 bits per heavy atom. The molecule has 2 heteroatoms. The van der Waals surface area contributed by atoms with Gasteiger partial charge in [0.25, 0.3) is 0 Å². The molecule has 0 aromatic carbocycles. The van der Waals surface area contributed by atoms with Crippen LogP contribution in [0.4, 0.5) is 0 Å². The maximum absolute atomic E-state index is 5.66. The van der Waals surface area contributed by atoms with Crippen LogP contribution in [0.25, 0.3) is 0 Å². The SMILES string of the molecule is CCC(C)C(NN)C1CCC(C)CC1. The van der Waals surface area contributed by atoms with E-state index in [1.54, 1.807) is 0 Å². The molecular formula is C12H26N2. The first-order chi connectivity index (χ1) is 6.69. The van der Waals surface area contributed by atoms with Crippen LogP contribution in [-0.4, -0.2) is 6.04 Å². The van der Waals surface area contributed by atoms with Crippen molar-refractivity contribution in [3.05, 3.63) is 0 Å². The third kappa shape index (κ3) is 2.96. The molecule has 0 heterocycles. The molecule has 0 aliphatic heterocycles. The molecule has 84 valence electrons. The quantitative estimate of drug-likeness (QED) is 0.538. The lowest BCUT2D eigenvalue weighted by Crippen LogP contribution is -2.46. The summed E-state index contributed by atoms with van der Waals surface area (Å²) >= 11 is 0. The summed E-state index contributed by atoms with van der Waals surface area (Å²) in [7, 11) is 0. The number of hydrogen-bond donors (Lipinski definition) is 2. The first-order valence-corrected chi connectivity index (χ1v) is 6.15. The first-order valence-electron chi connectivity index (χ1n) is 6.15. The van der Waals surface area contributed by atoms with Crippen molar-refractivity contribution in [3.8, 4) is 0 Å². The van der Waals surface area contributed by atoms with Crippen LogP contribution in [0.5, 0.6) is 0 Å². The molecule has 1 saturated carbocycles. The topological polar surface area (TPSA) is 38.0 Å². The smallest absolute Gasteiger partial charge is 0.0264 e. The molecule has 0 aromatic rings. The van der Waals surface area contributed by atoms with Crippen LogP contribution >= 0.6 is 0 Å². The zero-order valence-corrected chi connectivity index (χ0v) is 9.92. The third-order valence-electron chi connectivity index (χ3n) is 4.02. The molecule has 0 bridgehead atoms. The maximum atomic E-state index is 5.66. The standard InChI is InChI=1S/C12H26N2/c1-4-10(3)12(14-13)11-7-5-9(2)6-8-11/h9-12,14H,4-8,13H2,1-3H3. The Balaban J connectivity index is 2.44. The fourth-order valence-corrected chi connectivity index (χ4v) is 2.66. The van der Waals surface area contributed by atoms with Gasteiger partial charge in [0.05, 0.1) is 0 Å². The Kier molecular flexibility index (Phi) is 4.90. The highest BCUT2D eigenvalue weighted by Crippen LogP contribution is 2.32. The van der Waals surface area contributed by atoms with Crippen molar-refractivity contribution in [1.82, 2.24) is 5.43 Å². The summed E-state index contributed by atoms with van der Waals surface area (Å²) in [6, 6.07) is 0.535. The van der Waals surface area contributed by atoms with E-state index in [0.29, 0.717) is 12.0 Å². The van der Waals surface area contributed by atoms with E-state index in [1.165, 1.54) is 32.1 Å². The average Bonchev–Trinajstić information content (AvgIpc) is 2.21. The van der Waals surface area contributed by atoms with E-state index < -0.39 is 0 Å². The highest BCUT2D eigenvalue weighted by Gasteiger charge is 2.28. The summed E-state index contributed by atoms with van der Waals surface area (Å²) in [5.41, 5.74) is 3.04.